The van der Waals surface area contributed by atoms with Gasteiger partial charge < -0.3 is 16.0 Å². The van der Waals surface area contributed by atoms with Gasteiger partial charge in [0.25, 0.3) is 0 Å². The molecule has 1 fully saturated rings. The van der Waals surface area contributed by atoms with E-state index in [0.29, 0.717) is 17.7 Å². The third-order valence-corrected chi connectivity index (χ3v) is 5.29. The highest BCUT2D eigenvalue weighted by atomic mass is 15.2. The van der Waals surface area contributed by atoms with Crippen molar-refractivity contribution >= 4 is 23.4 Å². The first kappa shape index (κ1) is 20.0. The van der Waals surface area contributed by atoms with Crippen LogP contribution in [-0.4, -0.2) is 57.0 Å². The largest absolute Gasteiger partial charge is 0.373 e. The number of rotatable bonds is 7. The van der Waals surface area contributed by atoms with Crippen molar-refractivity contribution in [3.8, 4) is 0 Å². The molecule has 0 bridgehead atoms. The Balaban J connectivity index is 1.45. The van der Waals surface area contributed by atoms with Gasteiger partial charge in [0, 0.05) is 57.1 Å². The first-order chi connectivity index (χ1) is 14.7. The van der Waals surface area contributed by atoms with Crippen molar-refractivity contribution in [1.29, 1.82) is 0 Å². The second-order valence-corrected chi connectivity index (χ2v) is 7.30. The minimum Gasteiger partial charge on any atom is -0.373 e. The highest BCUT2D eigenvalue weighted by molar-refractivity contribution is 5.52. The molecule has 1 saturated heterocycles. The van der Waals surface area contributed by atoms with Crippen molar-refractivity contribution in [2.45, 2.75) is 25.3 Å². The molecule has 30 heavy (non-hydrogen) atoms. The number of hydrogen-bond acceptors (Lipinski definition) is 9. The fraction of sp³-hybridized carbons (Fsp3) is 0.381. The maximum atomic E-state index is 4.77. The van der Waals surface area contributed by atoms with E-state index in [4.69, 9.17) is 4.98 Å². The molecule has 1 atom stereocenters. The molecule has 4 rings (SSSR count). The van der Waals surface area contributed by atoms with Crippen LogP contribution in [0, 0.1) is 0 Å². The van der Waals surface area contributed by atoms with Crippen LogP contribution in [0.3, 0.4) is 0 Å². The van der Waals surface area contributed by atoms with Crippen molar-refractivity contribution in [3.63, 3.8) is 0 Å². The Morgan fingerprint density at radius 2 is 1.93 bits per heavy atom. The van der Waals surface area contributed by atoms with E-state index in [1.807, 2.05) is 44.7 Å². The van der Waals surface area contributed by atoms with Crippen molar-refractivity contribution in [3.05, 3.63) is 54.2 Å². The molecule has 0 unspecified atom stereocenters. The van der Waals surface area contributed by atoms with Gasteiger partial charge in [-0.2, -0.15) is 0 Å². The highest BCUT2D eigenvalue weighted by Gasteiger charge is 2.23. The van der Waals surface area contributed by atoms with Crippen LogP contribution in [0.1, 0.15) is 30.0 Å². The monoisotopic (exact) mass is 405 g/mol. The Bertz CT molecular complexity index is 978. The third kappa shape index (κ3) is 4.80. The summed E-state index contributed by atoms with van der Waals surface area (Å²) >= 11 is 0. The third-order valence-electron chi connectivity index (χ3n) is 5.29. The Labute approximate surface area is 176 Å². The molecule has 9 nitrogen and oxygen atoms in total. The molecule has 1 aliphatic heterocycles. The molecule has 0 amide bonds. The van der Waals surface area contributed by atoms with Gasteiger partial charge in [0.2, 0.25) is 5.95 Å². The van der Waals surface area contributed by atoms with Crippen molar-refractivity contribution < 1.29 is 0 Å². The summed E-state index contributed by atoms with van der Waals surface area (Å²) in [4.78, 5) is 24.4. The summed E-state index contributed by atoms with van der Waals surface area (Å²) in [6.45, 7) is 2.93. The molecule has 0 saturated carbocycles. The highest BCUT2D eigenvalue weighted by Crippen LogP contribution is 2.28. The van der Waals surface area contributed by atoms with E-state index in [1.165, 1.54) is 11.9 Å². The van der Waals surface area contributed by atoms with Gasteiger partial charge >= 0.3 is 0 Å². The fourth-order valence-electron chi connectivity index (χ4n) is 3.81. The molecule has 4 heterocycles. The number of likely N-dealkylation sites (tertiary alicyclic amines) is 1. The standard InChI is InChI=1S/C21H27N9/c1-22-18-11-19(27-14-26-18)29-21-25-9-7-17(28-21)15-6-4-10-30(12-15)13-16-5-3-8-24-20(16)23-2/h3,5,7-9,11,14-15H,4,6,10,12-13H2,1-2H3,(H,23,24)(H2,22,25,26,27,28,29)/t15-/m1/s1. The minimum absolute atomic E-state index is 0.371. The van der Waals surface area contributed by atoms with Crippen molar-refractivity contribution in [2.24, 2.45) is 0 Å². The van der Waals surface area contributed by atoms with Crippen LogP contribution < -0.4 is 16.0 Å². The van der Waals surface area contributed by atoms with E-state index in [0.717, 1.165) is 49.8 Å². The lowest BCUT2D eigenvalue weighted by atomic mass is 9.94. The Morgan fingerprint density at radius 1 is 1.03 bits per heavy atom. The molecule has 0 radical (unpaired) electrons. The zero-order chi connectivity index (χ0) is 20.8. The van der Waals surface area contributed by atoms with Gasteiger partial charge in [0.1, 0.15) is 23.8 Å². The lowest BCUT2D eigenvalue weighted by Gasteiger charge is -2.32. The Morgan fingerprint density at radius 3 is 2.80 bits per heavy atom. The summed E-state index contributed by atoms with van der Waals surface area (Å²) in [6, 6.07) is 7.97. The van der Waals surface area contributed by atoms with Gasteiger partial charge in [-0.25, -0.2) is 24.9 Å². The topological polar surface area (TPSA) is 104 Å². The quantitative estimate of drug-likeness (QED) is 0.547. The first-order valence-electron chi connectivity index (χ1n) is 10.2. The Hall–Kier alpha value is -3.33. The second kappa shape index (κ2) is 9.45. The van der Waals surface area contributed by atoms with Crippen LogP contribution in [0.25, 0.3) is 0 Å². The van der Waals surface area contributed by atoms with Gasteiger partial charge in [-0.3, -0.25) is 4.90 Å². The van der Waals surface area contributed by atoms with E-state index in [2.05, 4.69) is 46.9 Å². The Kier molecular flexibility index (Phi) is 6.29. The minimum atomic E-state index is 0.371. The molecular formula is C21H27N9. The average Bonchev–Trinajstić information content (AvgIpc) is 2.80. The number of nitrogens with zero attached hydrogens (tertiary/aromatic N) is 6. The molecule has 0 aromatic carbocycles. The molecular weight excluding hydrogens is 378 g/mol. The SMILES string of the molecule is CNc1cc(Nc2nccc([C@@H]3CCCN(Cc4cccnc4NC)C3)n2)ncn1. The molecule has 0 spiro atoms. The van der Waals surface area contributed by atoms with Gasteiger partial charge in [-0.15, -0.1) is 0 Å². The number of aromatic nitrogens is 5. The second-order valence-electron chi connectivity index (χ2n) is 7.30. The van der Waals surface area contributed by atoms with Gasteiger partial charge in [-0.05, 0) is 31.5 Å². The zero-order valence-electron chi connectivity index (χ0n) is 17.3. The average molecular weight is 406 g/mol. The van der Waals surface area contributed by atoms with Crippen LogP contribution in [0.15, 0.2) is 43.0 Å². The van der Waals surface area contributed by atoms with E-state index >= 15 is 0 Å². The molecule has 156 valence electrons. The smallest absolute Gasteiger partial charge is 0.228 e. The van der Waals surface area contributed by atoms with Gasteiger partial charge in [0.15, 0.2) is 0 Å². The van der Waals surface area contributed by atoms with Gasteiger partial charge in [0.05, 0.1) is 5.69 Å². The number of anilines is 4. The molecule has 1 aliphatic rings. The van der Waals surface area contributed by atoms with Crippen LogP contribution in [0.4, 0.5) is 23.4 Å². The van der Waals surface area contributed by atoms with Crippen molar-refractivity contribution in [2.75, 3.05) is 43.1 Å². The van der Waals surface area contributed by atoms with E-state index in [-0.39, 0.29) is 0 Å². The number of pyridine rings is 1. The summed E-state index contributed by atoms with van der Waals surface area (Å²) in [7, 11) is 3.74. The van der Waals surface area contributed by atoms with Crippen LogP contribution >= 0.6 is 0 Å². The summed E-state index contributed by atoms with van der Waals surface area (Å²) in [6.07, 6.45) is 7.40. The molecule has 0 aliphatic carbocycles. The van der Waals surface area contributed by atoms with Gasteiger partial charge in [-0.1, -0.05) is 6.07 Å². The van der Waals surface area contributed by atoms with Crippen LogP contribution in [-0.2, 0) is 6.54 Å². The van der Waals surface area contributed by atoms with Crippen molar-refractivity contribution in [1.82, 2.24) is 29.8 Å². The maximum Gasteiger partial charge on any atom is 0.228 e. The molecule has 3 aromatic rings. The van der Waals surface area contributed by atoms with E-state index in [9.17, 15) is 0 Å². The maximum absolute atomic E-state index is 4.77. The summed E-state index contributed by atoms with van der Waals surface area (Å²) in [5.74, 6) is 3.26. The summed E-state index contributed by atoms with van der Waals surface area (Å²) in [5.41, 5.74) is 2.27. The summed E-state index contributed by atoms with van der Waals surface area (Å²) < 4.78 is 0. The van der Waals surface area contributed by atoms with Crippen LogP contribution in [0.2, 0.25) is 0 Å². The first-order valence-corrected chi connectivity index (χ1v) is 10.2. The van der Waals surface area contributed by atoms with E-state index in [1.54, 1.807) is 0 Å². The predicted molar refractivity (Wildman–Crippen MR) is 118 cm³/mol. The normalized spacial score (nSPS) is 16.8. The number of piperidine rings is 1. The van der Waals surface area contributed by atoms with E-state index < -0.39 is 0 Å². The lowest BCUT2D eigenvalue weighted by Crippen LogP contribution is -2.34. The fourth-order valence-corrected chi connectivity index (χ4v) is 3.81. The number of hydrogen-bond donors (Lipinski definition) is 3. The summed E-state index contributed by atoms with van der Waals surface area (Å²) in [5, 5.41) is 9.37. The predicted octanol–water partition coefficient (Wildman–Crippen LogP) is 2.87. The zero-order valence-corrected chi connectivity index (χ0v) is 17.3. The molecule has 3 aromatic heterocycles. The van der Waals surface area contributed by atoms with Crippen LogP contribution in [0.5, 0.6) is 0 Å². The number of nitrogens with one attached hydrogen (secondary N) is 3. The molecule has 9 heteroatoms. The molecule has 3 N–H and O–H groups in total. The lowest BCUT2D eigenvalue weighted by molar-refractivity contribution is 0.198.